The van der Waals surface area contributed by atoms with E-state index in [2.05, 4.69) is 25.1 Å². The van der Waals surface area contributed by atoms with Crippen LogP contribution < -0.4 is 0 Å². The van der Waals surface area contributed by atoms with E-state index in [0.29, 0.717) is 46.8 Å². The Morgan fingerprint density at radius 3 is 2.62 bits per heavy atom. The van der Waals surface area contributed by atoms with Gasteiger partial charge in [0.25, 0.3) is 5.92 Å². The van der Waals surface area contributed by atoms with Crippen molar-refractivity contribution < 1.29 is 13.2 Å². The Labute approximate surface area is 220 Å². The van der Waals surface area contributed by atoms with Crippen molar-refractivity contribution in [1.29, 1.82) is 0 Å². The SMILES string of the molecule is Fc1ccccc1-c1cncc2[nH]c(-c3n[nH]c4ccc(-c5cncc(CN6CCC(F)(F)C6)c5)cc34)nc12. The topological polar surface area (TPSA) is 86.4 Å². The van der Waals surface area contributed by atoms with Crippen molar-refractivity contribution in [3.8, 4) is 33.8 Å². The molecule has 1 fully saturated rings. The molecule has 39 heavy (non-hydrogen) atoms. The van der Waals surface area contributed by atoms with Gasteiger partial charge < -0.3 is 4.98 Å². The highest BCUT2D eigenvalue weighted by atomic mass is 19.3. The maximum Gasteiger partial charge on any atom is 0.261 e. The summed E-state index contributed by atoms with van der Waals surface area (Å²) in [7, 11) is 0. The molecule has 6 aromatic rings. The molecule has 0 saturated carbocycles. The predicted molar refractivity (Wildman–Crippen MR) is 142 cm³/mol. The van der Waals surface area contributed by atoms with E-state index >= 15 is 0 Å². The van der Waals surface area contributed by atoms with Crippen molar-refractivity contribution >= 4 is 21.9 Å². The molecule has 1 aliphatic heterocycles. The van der Waals surface area contributed by atoms with Gasteiger partial charge in [0.15, 0.2) is 5.82 Å². The molecule has 4 aromatic heterocycles. The fraction of sp³-hybridized carbons (Fsp3) is 0.172. The number of alkyl halides is 2. The van der Waals surface area contributed by atoms with E-state index < -0.39 is 5.92 Å². The Morgan fingerprint density at radius 1 is 0.897 bits per heavy atom. The summed E-state index contributed by atoms with van der Waals surface area (Å²) in [6.07, 6.45) is 6.63. The number of benzene rings is 2. The van der Waals surface area contributed by atoms with Crippen molar-refractivity contribution in [3.63, 3.8) is 0 Å². The van der Waals surface area contributed by atoms with Gasteiger partial charge >= 0.3 is 0 Å². The quantitative estimate of drug-likeness (QED) is 0.280. The third-order valence-corrected chi connectivity index (χ3v) is 7.13. The third kappa shape index (κ3) is 4.32. The second kappa shape index (κ2) is 9.02. The van der Waals surface area contributed by atoms with Crippen LogP contribution in [0.2, 0.25) is 0 Å². The van der Waals surface area contributed by atoms with E-state index in [1.165, 1.54) is 6.07 Å². The van der Waals surface area contributed by atoms with Gasteiger partial charge in [0.1, 0.15) is 17.0 Å². The van der Waals surface area contributed by atoms with Crippen LogP contribution in [-0.4, -0.2) is 54.0 Å². The summed E-state index contributed by atoms with van der Waals surface area (Å²) >= 11 is 0. The van der Waals surface area contributed by atoms with Gasteiger partial charge in [0, 0.05) is 60.2 Å². The molecule has 7 nitrogen and oxygen atoms in total. The molecule has 0 unspecified atom stereocenters. The van der Waals surface area contributed by atoms with Crippen molar-refractivity contribution in [2.75, 3.05) is 13.1 Å². The number of hydrogen-bond donors (Lipinski definition) is 2. The number of likely N-dealkylation sites (tertiary alicyclic amines) is 1. The molecule has 0 spiro atoms. The van der Waals surface area contributed by atoms with Gasteiger partial charge in [0.05, 0.1) is 23.8 Å². The first kappa shape index (κ1) is 23.5. The van der Waals surface area contributed by atoms with Crippen molar-refractivity contribution in [3.05, 3.63) is 84.7 Å². The molecule has 7 rings (SSSR count). The minimum atomic E-state index is -2.63. The lowest BCUT2D eigenvalue weighted by atomic mass is 10.0. The number of aromatic nitrogens is 6. The summed E-state index contributed by atoms with van der Waals surface area (Å²) in [6, 6.07) is 14.4. The molecular weight excluding hydrogens is 503 g/mol. The van der Waals surface area contributed by atoms with Crippen LogP contribution in [0.25, 0.3) is 55.7 Å². The second-order valence-corrected chi connectivity index (χ2v) is 9.88. The Balaban J connectivity index is 1.25. The normalized spacial score (nSPS) is 15.5. The zero-order valence-electron chi connectivity index (χ0n) is 20.6. The molecule has 1 saturated heterocycles. The highest BCUT2D eigenvalue weighted by molar-refractivity contribution is 5.98. The lowest BCUT2D eigenvalue weighted by molar-refractivity contribution is 0.0115. The van der Waals surface area contributed by atoms with Crippen molar-refractivity contribution in [1.82, 2.24) is 35.0 Å². The van der Waals surface area contributed by atoms with Gasteiger partial charge in [-0.1, -0.05) is 24.3 Å². The fourth-order valence-electron chi connectivity index (χ4n) is 5.23. The van der Waals surface area contributed by atoms with Crippen LogP contribution in [0.3, 0.4) is 0 Å². The van der Waals surface area contributed by atoms with E-state index in [0.717, 1.165) is 27.6 Å². The number of H-pyrrole nitrogens is 2. The molecular formula is C29H22F3N7. The number of pyridine rings is 2. The predicted octanol–water partition coefficient (Wildman–Crippen LogP) is 6.21. The minimum absolute atomic E-state index is 0.111. The first-order chi connectivity index (χ1) is 18.9. The maximum atomic E-state index is 14.5. The average molecular weight is 526 g/mol. The summed E-state index contributed by atoms with van der Waals surface area (Å²) in [5.74, 6) is -2.45. The molecule has 0 atom stereocenters. The van der Waals surface area contributed by atoms with Gasteiger partial charge in [-0.05, 0) is 35.4 Å². The van der Waals surface area contributed by atoms with E-state index in [4.69, 9.17) is 4.98 Å². The molecule has 0 aliphatic carbocycles. The van der Waals surface area contributed by atoms with E-state index in [-0.39, 0.29) is 18.8 Å². The molecule has 2 N–H and O–H groups in total. The number of halogens is 3. The van der Waals surface area contributed by atoms with Crippen LogP contribution in [0.1, 0.15) is 12.0 Å². The van der Waals surface area contributed by atoms with Crippen LogP contribution in [0.5, 0.6) is 0 Å². The first-order valence-electron chi connectivity index (χ1n) is 12.6. The van der Waals surface area contributed by atoms with Crippen LogP contribution in [0, 0.1) is 5.82 Å². The van der Waals surface area contributed by atoms with Crippen LogP contribution in [-0.2, 0) is 6.54 Å². The van der Waals surface area contributed by atoms with Gasteiger partial charge in [-0.2, -0.15) is 5.10 Å². The van der Waals surface area contributed by atoms with E-state index in [9.17, 15) is 13.2 Å². The Kier molecular flexibility index (Phi) is 5.44. The zero-order chi connectivity index (χ0) is 26.6. The largest absolute Gasteiger partial charge is 0.335 e. The molecule has 2 aromatic carbocycles. The number of aromatic amines is 2. The number of nitrogens with zero attached hydrogens (tertiary/aromatic N) is 5. The summed E-state index contributed by atoms with van der Waals surface area (Å²) in [6.45, 7) is 0.563. The second-order valence-electron chi connectivity index (χ2n) is 9.88. The number of imidazole rings is 1. The Morgan fingerprint density at radius 2 is 1.77 bits per heavy atom. The fourth-order valence-corrected chi connectivity index (χ4v) is 5.23. The molecule has 0 amide bonds. The Bertz CT molecular complexity index is 1840. The maximum absolute atomic E-state index is 14.5. The lowest BCUT2D eigenvalue weighted by Gasteiger charge is -2.15. The van der Waals surface area contributed by atoms with Crippen LogP contribution in [0.4, 0.5) is 13.2 Å². The number of fused-ring (bicyclic) bond motifs is 2. The van der Waals surface area contributed by atoms with Gasteiger partial charge in [0.2, 0.25) is 0 Å². The molecule has 0 radical (unpaired) electrons. The molecule has 1 aliphatic rings. The summed E-state index contributed by atoms with van der Waals surface area (Å²) in [5, 5.41) is 8.41. The zero-order valence-corrected chi connectivity index (χ0v) is 20.6. The average Bonchev–Trinajstić information content (AvgIpc) is 3.64. The number of hydrogen-bond acceptors (Lipinski definition) is 5. The lowest BCUT2D eigenvalue weighted by Crippen LogP contribution is -2.24. The number of nitrogens with one attached hydrogen (secondary N) is 2. The van der Waals surface area contributed by atoms with Gasteiger partial charge in [-0.15, -0.1) is 0 Å². The highest BCUT2D eigenvalue weighted by Gasteiger charge is 2.37. The summed E-state index contributed by atoms with van der Waals surface area (Å²) < 4.78 is 41.8. The smallest absolute Gasteiger partial charge is 0.261 e. The van der Waals surface area contributed by atoms with Crippen molar-refractivity contribution in [2.24, 2.45) is 0 Å². The van der Waals surface area contributed by atoms with Gasteiger partial charge in [-0.3, -0.25) is 20.0 Å². The number of rotatable bonds is 5. The van der Waals surface area contributed by atoms with E-state index in [1.807, 2.05) is 24.3 Å². The molecule has 5 heterocycles. The first-order valence-corrected chi connectivity index (χ1v) is 12.6. The standard InChI is InChI=1S/C29H22F3N7/c30-23-4-2-1-3-20(23)22-13-34-14-25-26(22)36-28(35-25)27-21-10-18(5-6-24(21)37-38-27)19-9-17(11-33-12-19)15-39-8-7-29(31,32)16-39/h1-6,9-14H,7-8,15-16H2,(H,35,36)(H,37,38). The monoisotopic (exact) mass is 525 g/mol. The van der Waals surface area contributed by atoms with E-state index in [1.54, 1.807) is 47.9 Å². The highest BCUT2D eigenvalue weighted by Crippen LogP contribution is 2.34. The van der Waals surface area contributed by atoms with Crippen LogP contribution in [0.15, 0.2) is 73.3 Å². The molecule has 10 heteroatoms. The molecule has 0 bridgehead atoms. The summed E-state index contributed by atoms with van der Waals surface area (Å²) in [4.78, 5) is 18.5. The Hall–Kier alpha value is -4.57. The third-order valence-electron chi connectivity index (χ3n) is 7.13. The molecule has 194 valence electrons. The van der Waals surface area contributed by atoms with Crippen molar-refractivity contribution in [2.45, 2.75) is 18.9 Å². The minimum Gasteiger partial charge on any atom is -0.335 e. The van der Waals surface area contributed by atoms with Gasteiger partial charge in [-0.25, -0.2) is 18.2 Å². The van der Waals surface area contributed by atoms with Crippen LogP contribution >= 0.6 is 0 Å². The summed E-state index contributed by atoms with van der Waals surface area (Å²) in [5.41, 5.74) is 6.39.